The molecule has 86 valence electrons. The minimum absolute atomic E-state index is 0.0599. The average molecular weight is 215 g/mol. The summed E-state index contributed by atoms with van der Waals surface area (Å²) in [6.45, 7) is 1.69. The average Bonchev–Trinajstić information content (AvgIpc) is 2.61. The molecule has 0 saturated carbocycles. The number of aliphatic carboxylic acids is 1. The van der Waals surface area contributed by atoms with Gasteiger partial charge in [0, 0.05) is 26.6 Å². The van der Waals surface area contributed by atoms with Crippen molar-refractivity contribution in [1.82, 2.24) is 4.90 Å². The van der Waals surface area contributed by atoms with E-state index in [0.717, 1.165) is 6.42 Å². The van der Waals surface area contributed by atoms with Crippen LogP contribution in [0.4, 0.5) is 0 Å². The first-order valence-electron chi connectivity index (χ1n) is 5.12. The summed E-state index contributed by atoms with van der Waals surface area (Å²) < 4.78 is 4.82. The maximum atomic E-state index is 11.5. The Morgan fingerprint density at radius 3 is 2.87 bits per heavy atom. The molecule has 1 aliphatic heterocycles. The Balaban J connectivity index is 2.29. The lowest BCUT2D eigenvalue weighted by Crippen LogP contribution is -2.29. The van der Waals surface area contributed by atoms with Crippen molar-refractivity contribution in [3.63, 3.8) is 0 Å². The first-order valence-corrected chi connectivity index (χ1v) is 5.12. The van der Waals surface area contributed by atoms with Crippen LogP contribution in [0.5, 0.6) is 0 Å². The number of hydrogen-bond acceptors (Lipinski definition) is 3. The van der Waals surface area contributed by atoms with E-state index in [1.165, 1.54) is 0 Å². The van der Waals surface area contributed by atoms with Crippen LogP contribution in [0, 0.1) is 5.92 Å². The van der Waals surface area contributed by atoms with E-state index in [2.05, 4.69) is 0 Å². The van der Waals surface area contributed by atoms with Crippen molar-refractivity contribution in [2.45, 2.75) is 19.3 Å². The Hall–Kier alpha value is -1.10. The van der Waals surface area contributed by atoms with E-state index < -0.39 is 5.97 Å². The van der Waals surface area contributed by atoms with E-state index in [1.807, 2.05) is 0 Å². The number of amides is 1. The molecule has 0 aromatic heterocycles. The number of rotatable bonds is 5. The van der Waals surface area contributed by atoms with E-state index in [4.69, 9.17) is 9.84 Å². The second kappa shape index (κ2) is 5.70. The van der Waals surface area contributed by atoms with Crippen LogP contribution in [0.25, 0.3) is 0 Å². The number of carbonyl (C=O) groups is 2. The van der Waals surface area contributed by atoms with Crippen molar-refractivity contribution < 1.29 is 19.4 Å². The molecule has 1 saturated heterocycles. The molecule has 0 aromatic rings. The molecule has 1 heterocycles. The van der Waals surface area contributed by atoms with Crippen molar-refractivity contribution in [2.75, 3.05) is 26.8 Å². The molecule has 15 heavy (non-hydrogen) atoms. The van der Waals surface area contributed by atoms with Crippen molar-refractivity contribution in [1.29, 1.82) is 0 Å². The monoisotopic (exact) mass is 215 g/mol. The highest BCUT2D eigenvalue weighted by atomic mass is 16.5. The molecule has 1 atom stereocenters. The number of methoxy groups -OCH3 is 1. The number of ether oxygens (including phenoxy) is 1. The van der Waals surface area contributed by atoms with E-state index in [9.17, 15) is 9.59 Å². The highest BCUT2D eigenvalue weighted by Crippen LogP contribution is 2.19. The van der Waals surface area contributed by atoms with E-state index in [-0.39, 0.29) is 18.2 Å². The third-order valence-electron chi connectivity index (χ3n) is 2.62. The molecular formula is C10H17NO4. The van der Waals surface area contributed by atoms with E-state index in [0.29, 0.717) is 26.1 Å². The molecule has 1 rings (SSSR count). The van der Waals surface area contributed by atoms with Gasteiger partial charge in [-0.15, -0.1) is 0 Å². The smallest absolute Gasteiger partial charge is 0.303 e. The summed E-state index contributed by atoms with van der Waals surface area (Å²) in [6, 6.07) is 0. The van der Waals surface area contributed by atoms with Crippen molar-refractivity contribution >= 4 is 11.9 Å². The third-order valence-corrected chi connectivity index (χ3v) is 2.62. The Morgan fingerprint density at radius 1 is 1.53 bits per heavy atom. The maximum absolute atomic E-state index is 11.5. The lowest BCUT2D eigenvalue weighted by atomic mass is 10.1. The van der Waals surface area contributed by atoms with Crippen molar-refractivity contribution in [3.05, 3.63) is 0 Å². The second-order valence-electron chi connectivity index (χ2n) is 3.84. The van der Waals surface area contributed by atoms with Gasteiger partial charge in [0.2, 0.25) is 5.91 Å². The Labute approximate surface area is 89.0 Å². The van der Waals surface area contributed by atoms with Gasteiger partial charge in [0.05, 0.1) is 13.0 Å². The first kappa shape index (κ1) is 12.0. The van der Waals surface area contributed by atoms with Crippen LogP contribution < -0.4 is 0 Å². The molecule has 0 radical (unpaired) electrons. The molecule has 1 aliphatic rings. The predicted molar refractivity (Wildman–Crippen MR) is 53.4 cm³/mol. The fourth-order valence-electron chi connectivity index (χ4n) is 1.82. The van der Waals surface area contributed by atoms with Crippen LogP contribution in [0.15, 0.2) is 0 Å². The molecule has 0 bridgehead atoms. The lowest BCUT2D eigenvalue weighted by molar-refractivity contribution is -0.138. The minimum Gasteiger partial charge on any atom is -0.481 e. The fourth-order valence-corrected chi connectivity index (χ4v) is 1.82. The van der Waals surface area contributed by atoms with Gasteiger partial charge in [-0.1, -0.05) is 0 Å². The SMILES string of the molecule is COCCC(=O)N1CCC(CC(=O)O)C1. The summed E-state index contributed by atoms with van der Waals surface area (Å²) in [5.74, 6) is -0.607. The van der Waals surface area contributed by atoms with E-state index >= 15 is 0 Å². The number of carbonyl (C=O) groups excluding carboxylic acids is 1. The van der Waals surface area contributed by atoms with Crippen LogP contribution >= 0.6 is 0 Å². The zero-order chi connectivity index (χ0) is 11.3. The standard InChI is InChI=1S/C10H17NO4/c1-15-5-3-9(12)11-4-2-8(7-11)6-10(13)14/h8H,2-7H2,1H3,(H,13,14). The maximum Gasteiger partial charge on any atom is 0.303 e. The van der Waals surface area contributed by atoms with Gasteiger partial charge in [0.1, 0.15) is 0 Å². The fraction of sp³-hybridized carbons (Fsp3) is 0.800. The number of carboxylic acids is 1. The van der Waals surface area contributed by atoms with Gasteiger partial charge >= 0.3 is 5.97 Å². The van der Waals surface area contributed by atoms with Crippen molar-refractivity contribution in [3.8, 4) is 0 Å². The molecule has 1 unspecified atom stereocenters. The number of hydrogen-bond donors (Lipinski definition) is 1. The Kier molecular flexibility index (Phi) is 4.55. The quantitative estimate of drug-likeness (QED) is 0.718. The Bertz CT molecular complexity index is 242. The molecule has 5 heteroatoms. The number of nitrogens with zero attached hydrogens (tertiary/aromatic N) is 1. The number of carboxylic acid groups (broad SMARTS) is 1. The molecule has 0 aliphatic carbocycles. The molecular weight excluding hydrogens is 198 g/mol. The van der Waals surface area contributed by atoms with Crippen LogP contribution in [0.3, 0.4) is 0 Å². The van der Waals surface area contributed by atoms with Crippen molar-refractivity contribution in [2.24, 2.45) is 5.92 Å². The summed E-state index contributed by atoms with van der Waals surface area (Å²) in [5, 5.41) is 8.62. The molecule has 1 N–H and O–H groups in total. The second-order valence-corrected chi connectivity index (χ2v) is 3.84. The highest BCUT2D eigenvalue weighted by molar-refractivity contribution is 5.76. The van der Waals surface area contributed by atoms with Crippen LogP contribution in [-0.4, -0.2) is 48.7 Å². The molecule has 1 fully saturated rings. The molecule has 5 nitrogen and oxygen atoms in total. The Morgan fingerprint density at radius 2 is 2.27 bits per heavy atom. The van der Waals surface area contributed by atoms with Gasteiger partial charge in [-0.25, -0.2) is 0 Å². The predicted octanol–water partition coefficient (Wildman–Crippen LogP) is 0.346. The molecule has 1 amide bonds. The van der Waals surface area contributed by atoms with Crippen LogP contribution in [0.1, 0.15) is 19.3 Å². The van der Waals surface area contributed by atoms with Gasteiger partial charge in [-0.05, 0) is 12.3 Å². The van der Waals surface area contributed by atoms with Gasteiger partial charge in [0.25, 0.3) is 0 Å². The van der Waals surface area contributed by atoms with Crippen LogP contribution in [-0.2, 0) is 14.3 Å². The van der Waals surface area contributed by atoms with Crippen LogP contribution in [0.2, 0.25) is 0 Å². The topological polar surface area (TPSA) is 66.8 Å². The summed E-state index contributed by atoms with van der Waals surface area (Å²) in [4.78, 5) is 23.7. The van der Waals surface area contributed by atoms with Gasteiger partial charge in [-0.3, -0.25) is 9.59 Å². The summed E-state index contributed by atoms with van der Waals surface area (Å²) in [6.07, 6.45) is 1.34. The summed E-state index contributed by atoms with van der Waals surface area (Å²) in [5.41, 5.74) is 0. The largest absolute Gasteiger partial charge is 0.481 e. The van der Waals surface area contributed by atoms with Gasteiger partial charge < -0.3 is 14.7 Å². The van der Waals surface area contributed by atoms with E-state index in [1.54, 1.807) is 12.0 Å². The minimum atomic E-state index is -0.786. The zero-order valence-corrected chi connectivity index (χ0v) is 8.94. The summed E-state index contributed by atoms with van der Waals surface area (Å²) >= 11 is 0. The summed E-state index contributed by atoms with van der Waals surface area (Å²) in [7, 11) is 1.56. The zero-order valence-electron chi connectivity index (χ0n) is 8.94. The first-order chi connectivity index (χ1) is 7.13. The molecule has 0 spiro atoms. The van der Waals surface area contributed by atoms with Gasteiger partial charge in [0.15, 0.2) is 0 Å². The molecule has 0 aromatic carbocycles. The normalized spacial score (nSPS) is 20.6. The highest BCUT2D eigenvalue weighted by Gasteiger charge is 2.27. The number of likely N-dealkylation sites (tertiary alicyclic amines) is 1. The third kappa shape index (κ3) is 3.87. The van der Waals surface area contributed by atoms with Gasteiger partial charge in [-0.2, -0.15) is 0 Å². The lowest BCUT2D eigenvalue weighted by Gasteiger charge is -2.15.